The van der Waals surface area contributed by atoms with Crippen molar-refractivity contribution in [1.29, 1.82) is 0 Å². The van der Waals surface area contributed by atoms with Gasteiger partial charge in [0.1, 0.15) is 18.3 Å². The molecule has 17 atom stereocenters. The minimum atomic E-state index is -1.35. The van der Waals surface area contributed by atoms with E-state index >= 15 is 0 Å². The zero-order chi connectivity index (χ0) is 32.9. The zero-order valence-corrected chi connectivity index (χ0v) is 28.1. The van der Waals surface area contributed by atoms with Crippen molar-refractivity contribution in [3.05, 3.63) is 0 Å². The summed E-state index contributed by atoms with van der Waals surface area (Å²) in [5, 5.41) is 77.8. The highest BCUT2D eigenvalue weighted by atomic mass is 16.7. The fraction of sp³-hybridized carbons (Fsp3) is 1.00. The van der Waals surface area contributed by atoms with Crippen molar-refractivity contribution in [1.82, 2.24) is 0 Å². The maximum Gasteiger partial charge on any atom is 0.186 e. The van der Waals surface area contributed by atoms with Gasteiger partial charge < -0.3 is 50.0 Å². The lowest BCUT2D eigenvalue weighted by Gasteiger charge is -2.65. The molecular formula is C35H58O10. The van der Waals surface area contributed by atoms with Gasteiger partial charge in [-0.3, -0.25) is 0 Å². The summed E-state index contributed by atoms with van der Waals surface area (Å²) in [6.07, 6.45) is -1.92. The van der Waals surface area contributed by atoms with Gasteiger partial charge in [-0.1, -0.05) is 27.7 Å². The van der Waals surface area contributed by atoms with Crippen LogP contribution in [0.1, 0.15) is 99.8 Å². The second-order valence-corrected chi connectivity index (χ2v) is 18.3. The Morgan fingerprint density at radius 1 is 0.756 bits per heavy atom. The molecule has 5 aliphatic carbocycles. The van der Waals surface area contributed by atoms with E-state index in [4.69, 9.17) is 14.2 Å². The van der Waals surface area contributed by atoms with Crippen molar-refractivity contribution >= 4 is 0 Å². The summed E-state index contributed by atoms with van der Waals surface area (Å²) < 4.78 is 18.6. The van der Waals surface area contributed by atoms with Gasteiger partial charge in [-0.2, -0.15) is 0 Å². The van der Waals surface area contributed by atoms with Crippen LogP contribution in [-0.2, 0) is 14.2 Å². The predicted octanol–water partition coefficient (Wildman–Crippen LogP) is 1.87. The fourth-order valence-electron chi connectivity index (χ4n) is 13.3. The number of hydrogen-bond acceptors (Lipinski definition) is 10. The zero-order valence-electron chi connectivity index (χ0n) is 28.1. The molecule has 2 spiro atoms. The Morgan fingerprint density at radius 2 is 1.44 bits per heavy atom. The molecule has 45 heavy (non-hydrogen) atoms. The Labute approximate surface area is 267 Å². The molecule has 0 aromatic rings. The van der Waals surface area contributed by atoms with Gasteiger partial charge in [-0.15, -0.1) is 0 Å². The van der Waals surface area contributed by atoms with E-state index in [2.05, 4.69) is 27.7 Å². The molecule has 2 heterocycles. The van der Waals surface area contributed by atoms with Crippen molar-refractivity contribution < 1.29 is 50.0 Å². The highest BCUT2D eigenvalue weighted by Gasteiger charge is 2.86. The molecule has 10 nitrogen and oxygen atoms in total. The highest BCUT2D eigenvalue weighted by Crippen LogP contribution is 2.89. The van der Waals surface area contributed by atoms with Crippen LogP contribution >= 0.6 is 0 Å². The largest absolute Gasteiger partial charge is 0.393 e. The van der Waals surface area contributed by atoms with Crippen LogP contribution in [0, 0.1) is 44.8 Å². The summed E-state index contributed by atoms with van der Waals surface area (Å²) in [6, 6.07) is 0. The van der Waals surface area contributed by atoms with Crippen LogP contribution < -0.4 is 0 Å². The topological polar surface area (TPSA) is 169 Å². The lowest BCUT2D eigenvalue weighted by molar-refractivity contribution is -0.305. The van der Waals surface area contributed by atoms with Crippen LogP contribution in [0.4, 0.5) is 0 Å². The van der Waals surface area contributed by atoms with Crippen molar-refractivity contribution in [2.45, 2.75) is 166 Å². The molecule has 2 saturated heterocycles. The van der Waals surface area contributed by atoms with E-state index in [9.17, 15) is 35.7 Å². The standard InChI is InChI=1S/C35H58O10/c1-29(2)19-14-17(36)25-33(7)27(41)24(40)26(32(6)10-8-21(45-32)30(3,4)42)31(33,5)12-13-35(25)16-34(19,35)11-9-20(29)44-28-23(39)22(38)18(37)15-43-28/h17-28,36-42H,8-16H2,1-7H3/t17-,18+,19-,20-,21-,22-,23+,24+,25-,26-,27-,28-,31+,32-,33+,34+,35-/m0/s1. The summed E-state index contributed by atoms with van der Waals surface area (Å²) in [7, 11) is 0. The van der Waals surface area contributed by atoms with Gasteiger partial charge in [-0.25, -0.2) is 0 Å². The molecule has 2 aliphatic heterocycles. The van der Waals surface area contributed by atoms with Gasteiger partial charge in [0.2, 0.25) is 0 Å². The third-order valence-electron chi connectivity index (χ3n) is 15.6. The van der Waals surface area contributed by atoms with E-state index in [1.807, 2.05) is 6.92 Å². The molecule has 7 rings (SSSR count). The number of aliphatic hydroxyl groups excluding tert-OH is 6. The van der Waals surface area contributed by atoms with E-state index < -0.39 is 64.9 Å². The third kappa shape index (κ3) is 4.04. The maximum absolute atomic E-state index is 12.2. The molecule has 7 N–H and O–H groups in total. The predicted molar refractivity (Wildman–Crippen MR) is 162 cm³/mol. The average molecular weight is 639 g/mol. The molecule has 0 amide bonds. The summed E-state index contributed by atoms with van der Waals surface area (Å²) in [5.74, 6) is -0.384. The first-order valence-corrected chi connectivity index (χ1v) is 17.5. The SMILES string of the molecule is CC(C)(O)[C@@H]1CC[C@@](C)([C@H]2[C@@H](O)[C@H](O)[C@@]3(C)[C@@H]4[C@@H](O)C[C@H]5C(C)(C)[C@@H](O[C@@H]6OC[C@@H](O)[C@H](O)[C@H]6O)CC[C@@]56C[C@@]46CC[C@]23C)O1. The Kier molecular flexibility index (Phi) is 7.25. The fourth-order valence-corrected chi connectivity index (χ4v) is 13.3. The van der Waals surface area contributed by atoms with Gasteiger partial charge in [0.05, 0.1) is 48.3 Å². The summed E-state index contributed by atoms with van der Waals surface area (Å²) in [5.41, 5.74) is -3.49. The molecule has 258 valence electrons. The summed E-state index contributed by atoms with van der Waals surface area (Å²) in [4.78, 5) is 0. The maximum atomic E-state index is 12.2. The molecule has 0 unspecified atom stereocenters. The monoisotopic (exact) mass is 638 g/mol. The van der Waals surface area contributed by atoms with Crippen molar-refractivity contribution in [3.63, 3.8) is 0 Å². The molecule has 0 radical (unpaired) electrons. The molecule has 7 fully saturated rings. The quantitative estimate of drug-likeness (QED) is 0.226. The summed E-state index contributed by atoms with van der Waals surface area (Å²) in [6.45, 7) is 14.2. The van der Waals surface area contributed by atoms with Gasteiger partial charge in [0, 0.05) is 11.3 Å². The lowest BCUT2D eigenvalue weighted by Crippen LogP contribution is -2.65. The molecule has 7 aliphatic rings. The number of hydrogen-bond donors (Lipinski definition) is 7. The average Bonchev–Trinajstić information content (AvgIpc) is 3.35. The molecule has 0 aromatic carbocycles. The van der Waals surface area contributed by atoms with Gasteiger partial charge in [0.15, 0.2) is 6.29 Å². The second kappa shape index (κ2) is 9.86. The number of ether oxygens (including phenoxy) is 3. The van der Waals surface area contributed by atoms with E-state index in [0.29, 0.717) is 19.3 Å². The van der Waals surface area contributed by atoms with Crippen molar-refractivity contribution in [2.24, 2.45) is 44.8 Å². The van der Waals surface area contributed by atoms with Gasteiger partial charge >= 0.3 is 0 Å². The first kappa shape index (κ1) is 33.1. The van der Waals surface area contributed by atoms with Crippen LogP contribution in [0.15, 0.2) is 0 Å². The highest BCUT2D eigenvalue weighted by molar-refractivity contribution is 5.34. The Bertz CT molecular complexity index is 1190. The number of rotatable bonds is 4. The van der Waals surface area contributed by atoms with Crippen molar-refractivity contribution in [2.75, 3.05) is 6.61 Å². The van der Waals surface area contributed by atoms with E-state index in [-0.39, 0.29) is 52.8 Å². The minimum absolute atomic E-state index is 0.0190. The van der Waals surface area contributed by atoms with Crippen molar-refractivity contribution in [3.8, 4) is 0 Å². The molecule has 0 bridgehead atoms. The van der Waals surface area contributed by atoms with E-state index in [1.165, 1.54) is 0 Å². The van der Waals surface area contributed by atoms with Crippen LogP contribution in [0.2, 0.25) is 0 Å². The normalized spacial score (nSPS) is 60.4. The second-order valence-electron chi connectivity index (χ2n) is 18.3. The Balaban J connectivity index is 1.18. The smallest absolute Gasteiger partial charge is 0.186 e. The number of fused-ring (bicyclic) bond motifs is 2. The minimum Gasteiger partial charge on any atom is -0.393 e. The van der Waals surface area contributed by atoms with Crippen LogP contribution in [0.25, 0.3) is 0 Å². The first-order chi connectivity index (χ1) is 20.7. The Hall–Kier alpha value is -0.400. The summed E-state index contributed by atoms with van der Waals surface area (Å²) >= 11 is 0. The van der Waals surface area contributed by atoms with Crippen LogP contribution in [-0.4, -0.2) is 109 Å². The molecule has 0 aromatic heterocycles. The molecule has 10 heteroatoms. The third-order valence-corrected chi connectivity index (χ3v) is 15.6. The lowest BCUT2D eigenvalue weighted by atomic mass is 9.40. The first-order valence-electron chi connectivity index (χ1n) is 17.5. The van der Waals surface area contributed by atoms with Crippen LogP contribution in [0.3, 0.4) is 0 Å². The number of aliphatic hydroxyl groups is 7. The van der Waals surface area contributed by atoms with Gasteiger partial charge in [-0.05, 0) is 106 Å². The van der Waals surface area contributed by atoms with Crippen LogP contribution in [0.5, 0.6) is 0 Å². The van der Waals surface area contributed by atoms with E-state index in [0.717, 1.165) is 32.1 Å². The molecular weight excluding hydrogens is 580 g/mol. The van der Waals surface area contributed by atoms with Gasteiger partial charge in [0.25, 0.3) is 0 Å². The van der Waals surface area contributed by atoms with E-state index in [1.54, 1.807) is 13.8 Å². The molecule has 5 saturated carbocycles. The Morgan fingerprint density at radius 3 is 2.09 bits per heavy atom.